The van der Waals surface area contributed by atoms with Crippen LogP contribution in [-0.4, -0.2) is 41.6 Å². The molecule has 4 heteroatoms. The average molecular weight is 293 g/mol. The highest BCUT2D eigenvalue weighted by molar-refractivity contribution is 5.13. The van der Waals surface area contributed by atoms with E-state index in [1.54, 1.807) is 0 Å². The second kappa shape index (κ2) is 9.15. The lowest BCUT2D eigenvalue weighted by Crippen LogP contribution is -2.43. The van der Waals surface area contributed by atoms with Crippen molar-refractivity contribution in [2.45, 2.75) is 57.0 Å². The Labute approximate surface area is 127 Å². The SMILES string of the molecule is OC(CNC1CCCCCC1O)COCc1ccccc1. The lowest BCUT2D eigenvalue weighted by Gasteiger charge is -2.23. The largest absolute Gasteiger partial charge is 0.392 e. The van der Waals surface area contributed by atoms with E-state index in [4.69, 9.17) is 4.74 Å². The van der Waals surface area contributed by atoms with Crippen LogP contribution in [-0.2, 0) is 11.3 Å². The van der Waals surface area contributed by atoms with E-state index in [9.17, 15) is 10.2 Å². The summed E-state index contributed by atoms with van der Waals surface area (Å²) >= 11 is 0. The van der Waals surface area contributed by atoms with Crippen molar-refractivity contribution in [2.24, 2.45) is 0 Å². The quantitative estimate of drug-likeness (QED) is 0.671. The highest BCUT2D eigenvalue weighted by Gasteiger charge is 2.21. The molecule has 118 valence electrons. The first-order chi connectivity index (χ1) is 10.3. The van der Waals surface area contributed by atoms with E-state index in [2.05, 4.69) is 5.32 Å². The predicted molar refractivity (Wildman–Crippen MR) is 83.0 cm³/mol. The molecule has 1 saturated carbocycles. The fraction of sp³-hybridized carbons (Fsp3) is 0.647. The fourth-order valence-corrected chi connectivity index (χ4v) is 2.76. The number of benzene rings is 1. The van der Waals surface area contributed by atoms with E-state index in [-0.39, 0.29) is 12.1 Å². The van der Waals surface area contributed by atoms with Crippen molar-refractivity contribution in [1.82, 2.24) is 5.32 Å². The number of hydrogen-bond acceptors (Lipinski definition) is 4. The third-order valence-corrected chi connectivity index (χ3v) is 4.02. The molecular formula is C17H27NO3. The molecule has 3 atom stereocenters. The van der Waals surface area contributed by atoms with Gasteiger partial charge in [-0.3, -0.25) is 0 Å². The minimum absolute atomic E-state index is 0.108. The first-order valence-electron chi connectivity index (χ1n) is 7.97. The summed E-state index contributed by atoms with van der Waals surface area (Å²) in [6, 6.07) is 10.0. The first kappa shape index (κ1) is 16.4. The molecular weight excluding hydrogens is 266 g/mol. The van der Waals surface area contributed by atoms with Gasteiger partial charge in [0.15, 0.2) is 0 Å². The molecule has 3 unspecified atom stereocenters. The van der Waals surface area contributed by atoms with Crippen LogP contribution >= 0.6 is 0 Å². The summed E-state index contributed by atoms with van der Waals surface area (Å²) in [7, 11) is 0. The molecule has 0 spiro atoms. The van der Waals surface area contributed by atoms with Crippen LogP contribution in [0.5, 0.6) is 0 Å². The Bertz CT molecular complexity index is 385. The maximum Gasteiger partial charge on any atom is 0.0897 e. The Morgan fingerprint density at radius 3 is 2.71 bits per heavy atom. The molecule has 0 aliphatic heterocycles. The van der Waals surface area contributed by atoms with E-state index in [0.29, 0.717) is 19.8 Å². The van der Waals surface area contributed by atoms with Gasteiger partial charge in [-0.05, 0) is 18.4 Å². The van der Waals surface area contributed by atoms with E-state index in [0.717, 1.165) is 31.2 Å². The Kier molecular flexibility index (Phi) is 7.16. The first-order valence-corrected chi connectivity index (χ1v) is 7.97. The second-order valence-corrected chi connectivity index (χ2v) is 5.87. The zero-order chi connectivity index (χ0) is 14.9. The van der Waals surface area contributed by atoms with Crippen LogP contribution in [0, 0.1) is 0 Å². The van der Waals surface area contributed by atoms with Crippen molar-refractivity contribution in [3.05, 3.63) is 35.9 Å². The molecule has 1 aliphatic rings. The average Bonchev–Trinajstić information content (AvgIpc) is 2.71. The summed E-state index contributed by atoms with van der Waals surface area (Å²) in [6.07, 6.45) is 4.46. The third-order valence-electron chi connectivity index (χ3n) is 4.02. The zero-order valence-corrected chi connectivity index (χ0v) is 12.6. The molecule has 2 rings (SSSR count). The van der Waals surface area contributed by atoms with Crippen LogP contribution in [0.15, 0.2) is 30.3 Å². The Morgan fingerprint density at radius 2 is 1.90 bits per heavy atom. The Balaban J connectivity index is 1.61. The van der Waals surface area contributed by atoms with Gasteiger partial charge in [0.1, 0.15) is 0 Å². The van der Waals surface area contributed by atoms with Gasteiger partial charge in [-0.2, -0.15) is 0 Å². The number of aliphatic hydroxyl groups excluding tert-OH is 2. The Hall–Kier alpha value is -0.940. The maximum atomic E-state index is 10.0. The summed E-state index contributed by atoms with van der Waals surface area (Å²) in [5.41, 5.74) is 1.11. The molecule has 4 nitrogen and oxygen atoms in total. The molecule has 0 radical (unpaired) electrons. The number of ether oxygens (including phenoxy) is 1. The van der Waals surface area contributed by atoms with Crippen LogP contribution in [0.3, 0.4) is 0 Å². The lowest BCUT2D eigenvalue weighted by atomic mass is 10.1. The fourth-order valence-electron chi connectivity index (χ4n) is 2.76. The van der Waals surface area contributed by atoms with Crippen molar-refractivity contribution in [2.75, 3.05) is 13.2 Å². The van der Waals surface area contributed by atoms with Crippen LogP contribution < -0.4 is 5.32 Å². The summed E-state index contributed by atoms with van der Waals surface area (Å²) < 4.78 is 5.52. The van der Waals surface area contributed by atoms with Gasteiger partial charge in [0.05, 0.1) is 25.4 Å². The van der Waals surface area contributed by atoms with Gasteiger partial charge < -0.3 is 20.3 Å². The molecule has 0 bridgehead atoms. The molecule has 21 heavy (non-hydrogen) atoms. The molecule has 1 aliphatic carbocycles. The van der Waals surface area contributed by atoms with Gasteiger partial charge in [-0.15, -0.1) is 0 Å². The van der Waals surface area contributed by atoms with E-state index in [1.165, 1.54) is 6.42 Å². The maximum absolute atomic E-state index is 10.0. The van der Waals surface area contributed by atoms with Gasteiger partial charge in [0.2, 0.25) is 0 Å². The molecule has 1 aromatic rings. The standard InChI is InChI=1S/C17H27NO3/c19-15(13-21-12-14-7-3-1-4-8-14)11-18-16-9-5-2-6-10-17(16)20/h1,3-4,7-8,15-20H,2,5-6,9-13H2. The normalized spacial score (nSPS) is 24.5. The van der Waals surface area contributed by atoms with Gasteiger partial charge in [0.25, 0.3) is 0 Å². The van der Waals surface area contributed by atoms with Gasteiger partial charge >= 0.3 is 0 Å². The number of nitrogens with one attached hydrogen (secondary N) is 1. The molecule has 0 saturated heterocycles. The molecule has 0 aromatic heterocycles. The minimum Gasteiger partial charge on any atom is -0.392 e. The lowest BCUT2D eigenvalue weighted by molar-refractivity contribution is 0.0234. The van der Waals surface area contributed by atoms with E-state index < -0.39 is 6.10 Å². The van der Waals surface area contributed by atoms with Crippen LogP contribution in [0.25, 0.3) is 0 Å². The smallest absolute Gasteiger partial charge is 0.0897 e. The van der Waals surface area contributed by atoms with Crippen molar-refractivity contribution in [1.29, 1.82) is 0 Å². The van der Waals surface area contributed by atoms with Crippen molar-refractivity contribution in [3.63, 3.8) is 0 Å². The molecule has 0 heterocycles. The monoisotopic (exact) mass is 293 g/mol. The molecule has 3 N–H and O–H groups in total. The van der Waals surface area contributed by atoms with Crippen LogP contribution in [0.4, 0.5) is 0 Å². The molecule has 1 aromatic carbocycles. The highest BCUT2D eigenvalue weighted by Crippen LogP contribution is 2.17. The van der Waals surface area contributed by atoms with Crippen molar-refractivity contribution >= 4 is 0 Å². The number of aliphatic hydroxyl groups is 2. The van der Waals surface area contributed by atoms with E-state index >= 15 is 0 Å². The second-order valence-electron chi connectivity index (χ2n) is 5.87. The number of hydrogen-bond donors (Lipinski definition) is 3. The highest BCUT2D eigenvalue weighted by atomic mass is 16.5. The van der Waals surface area contributed by atoms with Gasteiger partial charge in [0, 0.05) is 12.6 Å². The van der Waals surface area contributed by atoms with Gasteiger partial charge in [-0.25, -0.2) is 0 Å². The number of rotatable bonds is 7. The summed E-state index contributed by atoms with van der Waals surface area (Å²) in [5.74, 6) is 0. The van der Waals surface area contributed by atoms with Gasteiger partial charge in [-0.1, -0.05) is 49.6 Å². The third kappa shape index (κ3) is 6.14. The van der Waals surface area contributed by atoms with Crippen LogP contribution in [0.2, 0.25) is 0 Å². The van der Waals surface area contributed by atoms with E-state index in [1.807, 2.05) is 30.3 Å². The topological polar surface area (TPSA) is 61.7 Å². The molecule has 0 amide bonds. The van der Waals surface area contributed by atoms with Crippen molar-refractivity contribution < 1.29 is 14.9 Å². The Morgan fingerprint density at radius 1 is 1.14 bits per heavy atom. The molecule has 1 fully saturated rings. The predicted octanol–water partition coefficient (Wildman–Crippen LogP) is 1.85. The van der Waals surface area contributed by atoms with Crippen LogP contribution in [0.1, 0.15) is 37.7 Å². The minimum atomic E-state index is -0.538. The summed E-state index contributed by atoms with van der Waals surface area (Å²) in [5, 5.41) is 23.2. The van der Waals surface area contributed by atoms with Crippen molar-refractivity contribution in [3.8, 4) is 0 Å². The summed E-state index contributed by atoms with van der Waals surface area (Å²) in [6.45, 7) is 1.30. The zero-order valence-electron chi connectivity index (χ0n) is 12.6. The summed E-state index contributed by atoms with van der Waals surface area (Å²) in [4.78, 5) is 0.